The van der Waals surface area contributed by atoms with Gasteiger partial charge in [-0.15, -0.1) is 0 Å². The first-order chi connectivity index (χ1) is 9.20. The lowest BCUT2D eigenvalue weighted by molar-refractivity contribution is 0.284. The fourth-order valence-corrected chi connectivity index (χ4v) is 2.83. The number of benzene rings is 1. The summed E-state index contributed by atoms with van der Waals surface area (Å²) in [5.74, 6) is -0.627. The van der Waals surface area contributed by atoms with E-state index in [1.807, 2.05) is 31.2 Å². The summed E-state index contributed by atoms with van der Waals surface area (Å²) in [6.07, 6.45) is 0. The van der Waals surface area contributed by atoms with Gasteiger partial charge in [0.1, 0.15) is 0 Å². The van der Waals surface area contributed by atoms with E-state index in [2.05, 4.69) is 9.50 Å². The Morgan fingerprint density at radius 2 is 1.80 bits per heavy atom. The molecule has 1 aromatic carbocycles. The van der Waals surface area contributed by atoms with Crippen LogP contribution in [0.15, 0.2) is 24.3 Å². The largest absolute Gasteiger partial charge is 0.397 e. The molecule has 0 atom stereocenters. The van der Waals surface area contributed by atoms with Gasteiger partial charge < -0.3 is 5.32 Å². The Kier molecular flexibility index (Phi) is 5.93. The van der Waals surface area contributed by atoms with Crippen LogP contribution in [-0.2, 0) is 24.4 Å². The molecule has 0 heterocycles. The molecule has 0 aromatic heterocycles. The fourth-order valence-electron chi connectivity index (χ4n) is 1.48. The van der Waals surface area contributed by atoms with Crippen LogP contribution in [0.5, 0.6) is 0 Å². The van der Waals surface area contributed by atoms with Gasteiger partial charge in [0.15, 0.2) is 9.84 Å². The molecule has 0 fully saturated rings. The molecule has 114 valence electrons. The van der Waals surface area contributed by atoms with Crippen molar-refractivity contribution in [1.29, 1.82) is 0 Å². The minimum absolute atomic E-state index is 0.157. The molecule has 9 heteroatoms. The Balaban J connectivity index is 2.39. The van der Waals surface area contributed by atoms with Crippen molar-refractivity contribution < 1.29 is 25.6 Å². The number of para-hydroxylation sites is 1. The maximum absolute atomic E-state index is 11.6. The quantitative estimate of drug-likeness (QED) is 0.676. The maximum atomic E-state index is 11.6. The molecule has 0 saturated heterocycles. The molecule has 0 aliphatic heterocycles. The number of hydrogen-bond donors (Lipinski definition) is 2. The van der Waals surface area contributed by atoms with Crippen molar-refractivity contribution >= 4 is 25.9 Å². The van der Waals surface area contributed by atoms with Gasteiger partial charge in [0.25, 0.3) is 0 Å². The molecule has 0 spiro atoms. The average Bonchev–Trinajstić information content (AvgIpc) is 2.29. The van der Waals surface area contributed by atoms with Gasteiger partial charge in [-0.05, 0) is 18.6 Å². The lowest BCUT2D eigenvalue weighted by Crippen LogP contribution is -2.22. The second kappa shape index (κ2) is 7.02. The van der Waals surface area contributed by atoms with Crippen molar-refractivity contribution in [3.05, 3.63) is 29.8 Å². The summed E-state index contributed by atoms with van der Waals surface area (Å²) in [4.78, 5) is 0. The number of aryl methyl sites for hydroxylation is 1. The van der Waals surface area contributed by atoms with Crippen LogP contribution in [-0.4, -0.2) is 46.0 Å². The maximum Gasteiger partial charge on any atom is 0.397 e. The van der Waals surface area contributed by atoms with E-state index in [9.17, 15) is 16.8 Å². The van der Waals surface area contributed by atoms with Crippen LogP contribution in [0.2, 0.25) is 0 Å². The fraction of sp³-hybridized carbons (Fsp3) is 0.455. The van der Waals surface area contributed by atoms with E-state index in [4.69, 9.17) is 4.55 Å². The van der Waals surface area contributed by atoms with E-state index in [-0.39, 0.29) is 12.3 Å². The smallest absolute Gasteiger partial charge is 0.384 e. The average molecular weight is 323 g/mol. The molecule has 0 radical (unpaired) electrons. The molecule has 0 saturated carbocycles. The van der Waals surface area contributed by atoms with Crippen LogP contribution in [0.4, 0.5) is 5.69 Å². The topological polar surface area (TPSA) is 110 Å². The highest BCUT2D eigenvalue weighted by molar-refractivity contribution is 7.91. The first-order valence-electron chi connectivity index (χ1n) is 5.81. The van der Waals surface area contributed by atoms with Crippen LogP contribution < -0.4 is 5.32 Å². The summed E-state index contributed by atoms with van der Waals surface area (Å²) >= 11 is 0. The molecule has 1 rings (SSSR count). The number of anilines is 1. The summed E-state index contributed by atoms with van der Waals surface area (Å²) in [5, 5.41) is 2.99. The molecule has 7 nitrogen and oxygen atoms in total. The zero-order valence-electron chi connectivity index (χ0n) is 10.9. The monoisotopic (exact) mass is 323 g/mol. The Morgan fingerprint density at radius 3 is 2.40 bits per heavy atom. The Morgan fingerprint density at radius 1 is 1.15 bits per heavy atom. The first kappa shape index (κ1) is 16.9. The van der Waals surface area contributed by atoms with Crippen LogP contribution in [0.1, 0.15) is 5.56 Å². The number of hydrogen-bond acceptors (Lipinski definition) is 6. The van der Waals surface area contributed by atoms with Gasteiger partial charge in [-0.3, -0.25) is 4.55 Å². The van der Waals surface area contributed by atoms with E-state index in [0.29, 0.717) is 0 Å². The molecular formula is C11H17NO6S2. The third kappa shape index (κ3) is 6.85. The van der Waals surface area contributed by atoms with E-state index in [0.717, 1.165) is 11.3 Å². The third-order valence-electron chi connectivity index (χ3n) is 2.50. The molecule has 2 N–H and O–H groups in total. The third-order valence-corrected chi connectivity index (χ3v) is 4.58. The second-order valence-electron chi connectivity index (χ2n) is 4.14. The predicted molar refractivity (Wildman–Crippen MR) is 75.8 cm³/mol. The van der Waals surface area contributed by atoms with Crippen molar-refractivity contribution in [3.8, 4) is 0 Å². The summed E-state index contributed by atoms with van der Waals surface area (Å²) < 4.78 is 56.0. The highest BCUT2D eigenvalue weighted by Crippen LogP contribution is 2.12. The van der Waals surface area contributed by atoms with Crippen molar-refractivity contribution in [2.24, 2.45) is 0 Å². The lowest BCUT2D eigenvalue weighted by Gasteiger charge is -2.09. The molecule has 20 heavy (non-hydrogen) atoms. The van der Waals surface area contributed by atoms with Crippen LogP contribution in [0, 0.1) is 6.92 Å². The standard InChI is InChI=1S/C11H17NO6S2/c1-10-4-2-3-5-11(10)12-6-8-19(13,14)9-7-18-20(15,16)17/h2-5,12H,6-9H2,1H3,(H,15,16,17). The van der Waals surface area contributed by atoms with Crippen molar-refractivity contribution in [2.45, 2.75) is 6.92 Å². The van der Waals surface area contributed by atoms with Crippen LogP contribution >= 0.6 is 0 Å². The van der Waals surface area contributed by atoms with E-state index in [1.165, 1.54) is 0 Å². The van der Waals surface area contributed by atoms with Crippen molar-refractivity contribution in [1.82, 2.24) is 0 Å². The molecule has 1 aromatic rings. The molecule has 0 aliphatic rings. The molecule has 0 bridgehead atoms. The summed E-state index contributed by atoms with van der Waals surface area (Å²) in [6.45, 7) is 1.52. The summed E-state index contributed by atoms with van der Waals surface area (Å²) in [5.41, 5.74) is 1.84. The molecule has 0 amide bonds. The molecular weight excluding hydrogens is 306 g/mol. The molecule has 0 aliphatic carbocycles. The van der Waals surface area contributed by atoms with E-state index in [1.54, 1.807) is 0 Å². The second-order valence-corrected chi connectivity index (χ2v) is 7.54. The minimum atomic E-state index is -4.60. The Labute approximate surface area is 118 Å². The van der Waals surface area contributed by atoms with Gasteiger partial charge in [0, 0.05) is 12.2 Å². The van der Waals surface area contributed by atoms with Gasteiger partial charge in [-0.1, -0.05) is 18.2 Å². The zero-order valence-corrected chi connectivity index (χ0v) is 12.6. The SMILES string of the molecule is Cc1ccccc1NCCS(=O)(=O)CCOS(=O)(=O)O. The highest BCUT2D eigenvalue weighted by Gasteiger charge is 2.13. The van der Waals surface area contributed by atoms with Gasteiger partial charge in [-0.2, -0.15) is 8.42 Å². The Bertz CT molecular complexity index is 639. The summed E-state index contributed by atoms with van der Waals surface area (Å²) in [7, 11) is -8.05. The number of nitrogens with one attached hydrogen (secondary N) is 1. The van der Waals surface area contributed by atoms with Crippen LogP contribution in [0.25, 0.3) is 0 Å². The van der Waals surface area contributed by atoms with E-state index < -0.39 is 32.6 Å². The van der Waals surface area contributed by atoms with Gasteiger partial charge in [0.05, 0.1) is 18.1 Å². The lowest BCUT2D eigenvalue weighted by atomic mass is 10.2. The van der Waals surface area contributed by atoms with Gasteiger partial charge in [0.2, 0.25) is 0 Å². The minimum Gasteiger partial charge on any atom is -0.384 e. The molecule has 0 unspecified atom stereocenters. The highest BCUT2D eigenvalue weighted by atomic mass is 32.3. The zero-order chi connectivity index (χ0) is 15.2. The number of rotatable bonds is 8. The van der Waals surface area contributed by atoms with Crippen LogP contribution in [0.3, 0.4) is 0 Å². The normalized spacial score (nSPS) is 12.3. The van der Waals surface area contributed by atoms with E-state index >= 15 is 0 Å². The van der Waals surface area contributed by atoms with Crippen molar-refractivity contribution in [2.75, 3.05) is 30.0 Å². The van der Waals surface area contributed by atoms with Crippen molar-refractivity contribution in [3.63, 3.8) is 0 Å². The van der Waals surface area contributed by atoms with Gasteiger partial charge in [-0.25, -0.2) is 12.6 Å². The number of sulfone groups is 1. The predicted octanol–water partition coefficient (Wildman–Crippen LogP) is 0.641. The first-order valence-corrected chi connectivity index (χ1v) is 9.00. The van der Waals surface area contributed by atoms with Gasteiger partial charge >= 0.3 is 10.4 Å². The Hall–Kier alpha value is -1.16. The summed E-state index contributed by atoms with van der Waals surface area (Å²) in [6, 6.07) is 7.45.